The monoisotopic (exact) mass is 245 g/mol. The normalized spacial score (nSPS) is 10.6. The summed E-state index contributed by atoms with van der Waals surface area (Å²) in [4.78, 5) is 2.13. The Morgan fingerprint density at radius 1 is 1.28 bits per heavy atom. The molecular formula is C13H19N5. The van der Waals surface area contributed by atoms with Gasteiger partial charge in [-0.25, -0.2) is 0 Å². The number of nitrogens with zero attached hydrogens (tertiary/aromatic N) is 4. The molecule has 1 aromatic heterocycles. The Bertz CT molecular complexity index is 488. The highest BCUT2D eigenvalue weighted by Crippen LogP contribution is 2.16. The van der Waals surface area contributed by atoms with Gasteiger partial charge in [-0.1, -0.05) is 6.92 Å². The fourth-order valence-corrected chi connectivity index (χ4v) is 1.86. The van der Waals surface area contributed by atoms with Crippen molar-refractivity contribution < 1.29 is 0 Å². The van der Waals surface area contributed by atoms with E-state index in [1.54, 1.807) is 6.33 Å². The minimum absolute atomic E-state index is 0.740. The molecule has 0 amide bonds. The second-order valence-electron chi connectivity index (χ2n) is 4.39. The zero-order chi connectivity index (χ0) is 13.0. The quantitative estimate of drug-likeness (QED) is 0.817. The number of anilines is 2. The largest absolute Gasteiger partial charge is 0.399 e. The number of rotatable bonds is 5. The van der Waals surface area contributed by atoms with Crippen LogP contribution in [0.4, 0.5) is 11.4 Å². The third-order valence-electron chi connectivity index (χ3n) is 2.87. The molecule has 0 aliphatic rings. The number of hydrogen-bond donors (Lipinski definition) is 1. The maximum absolute atomic E-state index is 5.68. The van der Waals surface area contributed by atoms with Gasteiger partial charge in [0.1, 0.15) is 6.33 Å². The SMILES string of the molecule is CCCn1cnnc1CN(C)c1ccc(N)cc1. The molecule has 96 valence electrons. The van der Waals surface area contributed by atoms with Gasteiger partial charge in [0.2, 0.25) is 0 Å². The Morgan fingerprint density at radius 2 is 2.00 bits per heavy atom. The summed E-state index contributed by atoms with van der Waals surface area (Å²) in [6, 6.07) is 7.83. The van der Waals surface area contributed by atoms with Gasteiger partial charge in [-0.3, -0.25) is 0 Å². The summed E-state index contributed by atoms with van der Waals surface area (Å²) < 4.78 is 2.09. The van der Waals surface area contributed by atoms with Gasteiger partial charge in [-0.05, 0) is 30.7 Å². The number of hydrogen-bond acceptors (Lipinski definition) is 4. The van der Waals surface area contributed by atoms with Crippen LogP contribution in [-0.2, 0) is 13.1 Å². The molecule has 0 saturated heterocycles. The minimum atomic E-state index is 0.740. The predicted molar refractivity (Wildman–Crippen MR) is 73.3 cm³/mol. The summed E-state index contributed by atoms with van der Waals surface area (Å²) in [6.07, 6.45) is 2.87. The molecule has 1 aromatic carbocycles. The highest BCUT2D eigenvalue weighted by molar-refractivity contribution is 5.52. The highest BCUT2D eigenvalue weighted by atomic mass is 15.3. The van der Waals surface area contributed by atoms with Crippen LogP contribution in [-0.4, -0.2) is 21.8 Å². The lowest BCUT2D eigenvalue weighted by atomic mass is 10.2. The Balaban J connectivity index is 2.08. The predicted octanol–water partition coefficient (Wildman–Crippen LogP) is 1.91. The van der Waals surface area contributed by atoms with E-state index < -0.39 is 0 Å². The summed E-state index contributed by atoms with van der Waals surface area (Å²) in [7, 11) is 2.04. The molecule has 0 aliphatic heterocycles. The lowest BCUT2D eigenvalue weighted by Gasteiger charge is -2.19. The van der Waals surface area contributed by atoms with Gasteiger partial charge in [-0.15, -0.1) is 10.2 Å². The van der Waals surface area contributed by atoms with Crippen LogP contribution >= 0.6 is 0 Å². The van der Waals surface area contributed by atoms with Crippen LogP contribution in [0.5, 0.6) is 0 Å². The van der Waals surface area contributed by atoms with Crippen LogP contribution in [0.25, 0.3) is 0 Å². The maximum Gasteiger partial charge on any atom is 0.152 e. The molecule has 1 heterocycles. The molecule has 0 aliphatic carbocycles. The van der Waals surface area contributed by atoms with Gasteiger partial charge in [-0.2, -0.15) is 0 Å². The average molecular weight is 245 g/mol. The average Bonchev–Trinajstić information content (AvgIpc) is 2.78. The van der Waals surface area contributed by atoms with E-state index in [1.165, 1.54) is 0 Å². The van der Waals surface area contributed by atoms with Gasteiger partial charge in [0.05, 0.1) is 6.54 Å². The first-order chi connectivity index (χ1) is 8.70. The molecule has 0 unspecified atom stereocenters. The maximum atomic E-state index is 5.68. The second-order valence-corrected chi connectivity index (χ2v) is 4.39. The molecule has 2 rings (SSSR count). The van der Waals surface area contributed by atoms with Gasteiger partial charge in [0.15, 0.2) is 5.82 Å². The number of nitrogens with two attached hydrogens (primary N) is 1. The number of benzene rings is 1. The summed E-state index contributed by atoms with van der Waals surface area (Å²) in [5.41, 5.74) is 7.58. The molecule has 5 nitrogen and oxygen atoms in total. The Hall–Kier alpha value is -2.04. The van der Waals surface area contributed by atoms with E-state index >= 15 is 0 Å². The van der Waals surface area contributed by atoms with E-state index in [0.717, 1.165) is 36.7 Å². The fraction of sp³-hybridized carbons (Fsp3) is 0.385. The van der Waals surface area contributed by atoms with E-state index in [1.807, 2.05) is 31.3 Å². The van der Waals surface area contributed by atoms with Crippen molar-refractivity contribution >= 4 is 11.4 Å². The number of aryl methyl sites for hydroxylation is 1. The lowest BCUT2D eigenvalue weighted by Crippen LogP contribution is -2.19. The highest BCUT2D eigenvalue weighted by Gasteiger charge is 2.07. The third-order valence-corrected chi connectivity index (χ3v) is 2.87. The van der Waals surface area contributed by atoms with Gasteiger partial charge in [0, 0.05) is 25.0 Å². The zero-order valence-electron chi connectivity index (χ0n) is 10.9. The third kappa shape index (κ3) is 2.80. The molecule has 0 spiro atoms. The molecule has 2 aromatic rings. The van der Waals surface area contributed by atoms with Crippen molar-refractivity contribution in [2.24, 2.45) is 0 Å². The van der Waals surface area contributed by atoms with Gasteiger partial charge in [0.25, 0.3) is 0 Å². The number of aromatic nitrogens is 3. The van der Waals surface area contributed by atoms with Crippen LogP contribution in [0, 0.1) is 0 Å². The smallest absolute Gasteiger partial charge is 0.152 e. The van der Waals surface area contributed by atoms with Crippen molar-refractivity contribution in [1.82, 2.24) is 14.8 Å². The molecule has 0 bridgehead atoms. The van der Waals surface area contributed by atoms with E-state index in [2.05, 4.69) is 26.6 Å². The standard InChI is InChI=1S/C13H19N5/c1-3-8-18-10-15-16-13(18)9-17(2)12-6-4-11(14)5-7-12/h4-7,10H,3,8-9,14H2,1-2H3. The topological polar surface area (TPSA) is 60.0 Å². The first kappa shape index (κ1) is 12.4. The van der Waals surface area contributed by atoms with E-state index in [-0.39, 0.29) is 0 Å². The Morgan fingerprint density at radius 3 is 2.67 bits per heavy atom. The van der Waals surface area contributed by atoms with Crippen LogP contribution in [0.2, 0.25) is 0 Å². The molecule has 0 saturated carbocycles. The zero-order valence-corrected chi connectivity index (χ0v) is 10.9. The van der Waals surface area contributed by atoms with E-state index in [9.17, 15) is 0 Å². The van der Waals surface area contributed by atoms with Crippen molar-refractivity contribution in [2.45, 2.75) is 26.4 Å². The molecule has 2 N–H and O–H groups in total. The summed E-state index contributed by atoms with van der Waals surface area (Å²) in [5, 5.41) is 8.13. The van der Waals surface area contributed by atoms with Crippen molar-refractivity contribution in [3.63, 3.8) is 0 Å². The van der Waals surface area contributed by atoms with Crippen LogP contribution in [0.3, 0.4) is 0 Å². The fourth-order valence-electron chi connectivity index (χ4n) is 1.86. The van der Waals surface area contributed by atoms with Crippen LogP contribution in [0.15, 0.2) is 30.6 Å². The Labute approximate surface area is 107 Å². The van der Waals surface area contributed by atoms with Gasteiger partial charge < -0.3 is 15.2 Å². The minimum Gasteiger partial charge on any atom is -0.399 e. The Kier molecular flexibility index (Phi) is 3.82. The van der Waals surface area contributed by atoms with E-state index in [0.29, 0.717) is 0 Å². The molecule has 0 fully saturated rings. The molecule has 0 radical (unpaired) electrons. The molecular weight excluding hydrogens is 226 g/mol. The molecule has 18 heavy (non-hydrogen) atoms. The molecule has 5 heteroatoms. The van der Waals surface area contributed by atoms with Gasteiger partial charge >= 0.3 is 0 Å². The summed E-state index contributed by atoms with van der Waals surface area (Å²) in [6.45, 7) is 3.84. The summed E-state index contributed by atoms with van der Waals surface area (Å²) >= 11 is 0. The van der Waals surface area contributed by atoms with Crippen molar-refractivity contribution in [3.8, 4) is 0 Å². The van der Waals surface area contributed by atoms with Crippen molar-refractivity contribution in [2.75, 3.05) is 17.7 Å². The molecule has 0 atom stereocenters. The van der Waals surface area contributed by atoms with Crippen LogP contribution < -0.4 is 10.6 Å². The van der Waals surface area contributed by atoms with Crippen LogP contribution in [0.1, 0.15) is 19.2 Å². The summed E-state index contributed by atoms with van der Waals surface area (Å²) in [5.74, 6) is 0.983. The first-order valence-corrected chi connectivity index (χ1v) is 6.14. The number of nitrogen functional groups attached to an aromatic ring is 1. The van der Waals surface area contributed by atoms with E-state index in [4.69, 9.17) is 5.73 Å². The lowest BCUT2D eigenvalue weighted by molar-refractivity contribution is 0.631. The van der Waals surface area contributed by atoms with Crippen molar-refractivity contribution in [3.05, 3.63) is 36.4 Å². The van der Waals surface area contributed by atoms with Crippen molar-refractivity contribution in [1.29, 1.82) is 0 Å². The second kappa shape index (κ2) is 5.53. The first-order valence-electron chi connectivity index (χ1n) is 6.14.